The quantitative estimate of drug-likeness (QED) is 0.850. The van der Waals surface area contributed by atoms with Gasteiger partial charge in [-0.15, -0.1) is 0 Å². The molecule has 7 heteroatoms. The second-order valence-corrected chi connectivity index (χ2v) is 5.12. The first-order valence-corrected chi connectivity index (χ1v) is 6.49. The molecule has 19 heavy (non-hydrogen) atoms. The van der Waals surface area contributed by atoms with Gasteiger partial charge >= 0.3 is 0 Å². The van der Waals surface area contributed by atoms with Crippen molar-refractivity contribution in [3.63, 3.8) is 0 Å². The van der Waals surface area contributed by atoms with Gasteiger partial charge in [-0.3, -0.25) is 0 Å². The van der Waals surface area contributed by atoms with E-state index in [2.05, 4.69) is 15.3 Å². The molecule has 0 aliphatic heterocycles. The smallest absolute Gasteiger partial charge is 0.228 e. The molecule has 0 aliphatic carbocycles. The molecule has 1 aromatic carbocycles. The highest BCUT2D eigenvalue weighted by Gasteiger charge is 2.07. The van der Waals surface area contributed by atoms with Gasteiger partial charge in [0.05, 0.1) is 10.7 Å². The van der Waals surface area contributed by atoms with E-state index in [0.29, 0.717) is 27.4 Å². The second kappa shape index (κ2) is 5.69. The summed E-state index contributed by atoms with van der Waals surface area (Å²) in [6.07, 6.45) is 0. The van der Waals surface area contributed by atoms with Crippen LogP contribution in [0.3, 0.4) is 0 Å². The zero-order chi connectivity index (χ0) is 14.0. The summed E-state index contributed by atoms with van der Waals surface area (Å²) in [6.45, 7) is 1.83. The lowest BCUT2D eigenvalue weighted by Gasteiger charge is -2.09. The van der Waals surface area contributed by atoms with Crippen molar-refractivity contribution in [1.29, 1.82) is 0 Å². The number of anilines is 2. The molecule has 0 amide bonds. The molecule has 0 atom stereocenters. The summed E-state index contributed by atoms with van der Waals surface area (Å²) in [5, 5.41) is 4.08. The van der Waals surface area contributed by atoms with Gasteiger partial charge in [0.1, 0.15) is 10.7 Å². The van der Waals surface area contributed by atoms with Crippen molar-refractivity contribution in [3.05, 3.63) is 45.7 Å². The minimum atomic E-state index is 0.214. The minimum Gasteiger partial charge on any atom is -0.388 e. The van der Waals surface area contributed by atoms with Crippen molar-refractivity contribution in [2.75, 3.05) is 5.32 Å². The first kappa shape index (κ1) is 14.0. The highest BCUT2D eigenvalue weighted by Crippen LogP contribution is 2.27. The van der Waals surface area contributed by atoms with Crippen LogP contribution >= 0.6 is 35.4 Å². The SMILES string of the molecule is Cc1cc(C(N)=S)nc(Nc2cc(Cl)ccc2Cl)n1. The van der Waals surface area contributed by atoms with Crippen LogP contribution in [0.4, 0.5) is 11.6 Å². The fourth-order valence-corrected chi connectivity index (χ4v) is 1.91. The van der Waals surface area contributed by atoms with E-state index in [1.54, 1.807) is 24.3 Å². The van der Waals surface area contributed by atoms with E-state index in [9.17, 15) is 0 Å². The van der Waals surface area contributed by atoms with E-state index >= 15 is 0 Å². The van der Waals surface area contributed by atoms with Crippen LogP contribution in [0.15, 0.2) is 24.3 Å². The third kappa shape index (κ3) is 3.53. The Labute approximate surface area is 126 Å². The second-order valence-electron chi connectivity index (χ2n) is 3.83. The third-order valence-corrected chi connectivity index (χ3v) is 3.06. The van der Waals surface area contributed by atoms with Gasteiger partial charge in [-0.2, -0.15) is 0 Å². The summed E-state index contributed by atoms with van der Waals surface area (Å²) < 4.78 is 0. The summed E-state index contributed by atoms with van der Waals surface area (Å²) in [6, 6.07) is 6.80. The van der Waals surface area contributed by atoms with Crippen LogP contribution in [0.25, 0.3) is 0 Å². The van der Waals surface area contributed by atoms with Crippen molar-refractivity contribution < 1.29 is 0 Å². The van der Waals surface area contributed by atoms with Crippen LogP contribution in [0, 0.1) is 6.92 Å². The van der Waals surface area contributed by atoms with Crippen LogP contribution in [-0.2, 0) is 0 Å². The van der Waals surface area contributed by atoms with Crippen LogP contribution in [0.1, 0.15) is 11.4 Å². The molecule has 0 saturated carbocycles. The van der Waals surface area contributed by atoms with Gasteiger partial charge in [0.25, 0.3) is 0 Å². The minimum absolute atomic E-state index is 0.214. The van der Waals surface area contributed by atoms with Gasteiger partial charge in [-0.1, -0.05) is 35.4 Å². The van der Waals surface area contributed by atoms with Crippen molar-refractivity contribution in [3.8, 4) is 0 Å². The molecule has 98 valence electrons. The fraction of sp³-hybridized carbons (Fsp3) is 0.0833. The Morgan fingerprint density at radius 3 is 2.68 bits per heavy atom. The molecule has 0 spiro atoms. The normalized spacial score (nSPS) is 10.3. The molecule has 0 radical (unpaired) electrons. The number of rotatable bonds is 3. The number of hydrogen-bond acceptors (Lipinski definition) is 4. The number of nitrogens with one attached hydrogen (secondary N) is 1. The van der Waals surface area contributed by atoms with Gasteiger partial charge in [0.15, 0.2) is 0 Å². The maximum absolute atomic E-state index is 6.06. The zero-order valence-electron chi connectivity index (χ0n) is 9.95. The molecule has 0 aliphatic rings. The van der Waals surface area contributed by atoms with Crippen LogP contribution < -0.4 is 11.1 Å². The van der Waals surface area contributed by atoms with Gasteiger partial charge in [-0.05, 0) is 31.2 Å². The molecular formula is C12H10Cl2N4S. The standard InChI is InChI=1S/C12H10Cl2N4S/c1-6-4-10(11(15)19)18-12(16-6)17-9-5-7(13)2-3-8(9)14/h2-5H,1H3,(H2,15,19)(H,16,17,18). The van der Waals surface area contributed by atoms with Crippen LogP contribution in [0.5, 0.6) is 0 Å². The third-order valence-electron chi connectivity index (χ3n) is 2.28. The van der Waals surface area contributed by atoms with Crippen molar-refractivity contribution in [2.24, 2.45) is 5.73 Å². The molecule has 0 bridgehead atoms. The summed E-state index contributed by atoms with van der Waals surface area (Å²) in [5.41, 5.74) is 7.44. The molecule has 0 unspecified atom stereocenters. The number of thiocarbonyl (C=S) groups is 1. The molecule has 0 fully saturated rings. The number of halogens is 2. The number of nitrogens with two attached hydrogens (primary N) is 1. The highest BCUT2D eigenvalue weighted by molar-refractivity contribution is 7.80. The maximum atomic E-state index is 6.06. The Morgan fingerprint density at radius 1 is 1.26 bits per heavy atom. The van der Waals surface area contributed by atoms with Gasteiger partial charge in [0.2, 0.25) is 5.95 Å². The number of aryl methyl sites for hydroxylation is 1. The first-order valence-electron chi connectivity index (χ1n) is 5.33. The average molecular weight is 313 g/mol. The molecule has 2 rings (SSSR count). The molecule has 0 saturated heterocycles. The molecule has 4 nitrogen and oxygen atoms in total. The van der Waals surface area contributed by atoms with Gasteiger partial charge in [-0.25, -0.2) is 9.97 Å². The fourth-order valence-electron chi connectivity index (χ4n) is 1.46. The topological polar surface area (TPSA) is 63.8 Å². The monoisotopic (exact) mass is 312 g/mol. The number of benzene rings is 1. The van der Waals surface area contributed by atoms with Gasteiger partial charge in [0, 0.05) is 10.7 Å². The Kier molecular flexibility index (Phi) is 4.19. The van der Waals surface area contributed by atoms with Crippen LogP contribution in [0.2, 0.25) is 10.0 Å². The van der Waals surface area contributed by atoms with Crippen molar-refractivity contribution in [2.45, 2.75) is 6.92 Å². The summed E-state index contributed by atoms with van der Waals surface area (Å²) >= 11 is 16.9. The number of nitrogens with zero attached hydrogens (tertiary/aromatic N) is 2. The Morgan fingerprint density at radius 2 is 2.00 bits per heavy atom. The summed E-state index contributed by atoms with van der Waals surface area (Å²) in [7, 11) is 0. The lowest BCUT2D eigenvalue weighted by molar-refractivity contribution is 1.09. The number of hydrogen-bond donors (Lipinski definition) is 2. The van der Waals surface area contributed by atoms with Gasteiger partial charge < -0.3 is 11.1 Å². The largest absolute Gasteiger partial charge is 0.388 e. The van der Waals surface area contributed by atoms with E-state index < -0.39 is 0 Å². The Balaban J connectivity index is 2.38. The highest BCUT2D eigenvalue weighted by atomic mass is 35.5. The van der Waals surface area contributed by atoms with Crippen molar-refractivity contribution >= 4 is 52.0 Å². The Hall–Kier alpha value is -1.43. The zero-order valence-corrected chi connectivity index (χ0v) is 12.3. The van der Waals surface area contributed by atoms with Crippen molar-refractivity contribution in [1.82, 2.24) is 9.97 Å². The lowest BCUT2D eigenvalue weighted by Crippen LogP contribution is -2.13. The number of aromatic nitrogens is 2. The van der Waals surface area contributed by atoms with E-state index in [0.717, 1.165) is 5.69 Å². The molecule has 3 N–H and O–H groups in total. The molecule has 1 aromatic heterocycles. The van der Waals surface area contributed by atoms with E-state index in [1.165, 1.54) is 0 Å². The first-order chi connectivity index (χ1) is 8.95. The predicted octanol–water partition coefficient (Wildman–Crippen LogP) is 3.47. The molecular weight excluding hydrogens is 303 g/mol. The Bertz CT molecular complexity index is 646. The molecule has 2 aromatic rings. The molecule has 1 heterocycles. The van der Waals surface area contributed by atoms with E-state index in [4.69, 9.17) is 41.2 Å². The lowest BCUT2D eigenvalue weighted by atomic mass is 10.3. The van der Waals surface area contributed by atoms with E-state index in [1.807, 2.05) is 6.92 Å². The van der Waals surface area contributed by atoms with Crippen LogP contribution in [-0.4, -0.2) is 15.0 Å². The predicted molar refractivity (Wildman–Crippen MR) is 82.4 cm³/mol. The summed E-state index contributed by atoms with van der Waals surface area (Å²) in [5.74, 6) is 0.368. The average Bonchev–Trinajstić information content (AvgIpc) is 2.33. The maximum Gasteiger partial charge on any atom is 0.228 e. The van der Waals surface area contributed by atoms with E-state index in [-0.39, 0.29) is 4.99 Å². The summed E-state index contributed by atoms with van der Waals surface area (Å²) in [4.78, 5) is 8.67.